The maximum absolute atomic E-state index is 10.9. The van der Waals surface area contributed by atoms with Crippen molar-refractivity contribution in [2.75, 3.05) is 5.32 Å². The van der Waals surface area contributed by atoms with Crippen LogP contribution in [-0.4, -0.2) is 4.92 Å². The molecule has 0 aliphatic rings. The van der Waals surface area contributed by atoms with Gasteiger partial charge in [0.25, 0.3) is 5.69 Å². The van der Waals surface area contributed by atoms with Gasteiger partial charge in [0.15, 0.2) is 0 Å². The highest BCUT2D eigenvalue weighted by Gasteiger charge is 2.13. The summed E-state index contributed by atoms with van der Waals surface area (Å²) < 4.78 is 0.768. The van der Waals surface area contributed by atoms with Crippen molar-refractivity contribution in [1.29, 1.82) is 0 Å². The molecule has 0 aromatic heterocycles. The van der Waals surface area contributed by atoms with Gasteiger partial charge in [0.2, 0.25) is 0 Å². The lowest BCUT2D eigenvalue weighted by atomic mass is 10.2. The lowest BCUT2D eigenvalue weighted by Gasteiger charge is -2.07. The van der Waals surface area contributed by atoms with Crippen LogP contribution in [0.15, 0.2) is 46.9 Å². The first kappa shape index (κ1) is 12.9. The third kappa shape index (κ3) is 3.00. The number of nitro benzene ring substituents is 1. The Labute approximate surface area is 117 Å². The molecule has 18 heavy (non-hydrogen) atoms. The second kappa shape index (κ2) is 5.37. The van der Waals surface area contributed by atoms with Gasteiger partial charge in [-0.3, -0.25) is 10.1 Å². The average Bonchev–Trinajstić information content (AvgIpc) is 2.32. The van der Waals surface area contributed by atoms with Gasteiger partial charge in [-0.2, -0.15) is 0 Å². The van der Waals surface area contributed by atoms with Crippen molar-refractivity contribution in [1.82, 2.24) is 0 Å². The lowest BCUT2D eigenvalue weighted by Crippen LogP contribution is -1.96. The van der Waals surface area contributed by atoms with Gasteiger partial charge in [-0.1, -0.05) is 27.5 Å². The summed E-state index contributed by atoms with van der Waals surface area (Å²) in [6, 6.07) is 11.7. The van der Waals surface area contributed by atoms with Gasteiger partial charge in [0.1, 0.15) is 5.69 Å². The minimum Gasteiger partial charge on any atom is -0.350 e. The number of halogens is 2. The van der Waals surface area contributed by atoms with Crippen LogP contribution < -0.4 is 5.32 Å². The quantitative estimate of drug-likeness (QED) is 0.653. The summed E-state index contributed by atoms with van der Waals surface area (Å²) in [4.78, 5) is 10.5. The van der Waals surface area contributed by atoms with Gasteiger partial charge in [0, 0.05) is 21.2 Å². The minimum absolute atomic E-state index is 0.0214. The van der Waals surface area contributed by atoms with Gasteiger partial charge < -0.3 is 5.32 Å². The van der Waals surface area contributed by atoms with Crippen LogP contribution in [0, 0.1) is 10.1 Å². The summed E-state index contributed by atoms with van der Waals surface area (Å²) >= 11 is 9.06. The van der Waals surface area contributed by atoms with Crippen LogP contribution >= 0.6 is 27.5 Å². The van der Waals surface area contributed by atoms with E-state index in [2.05, 4.69) is 21.2 Å². The molecule has 2 rings (SSSR count). The largest absolute Gasteiger partial charge is 0.350 e. The Morgan fingerprint density at radius 2 is 1.83 bits per heavy atom. The molecule has 6 heteroatoms. The minimum atomic E-state index is -0.426. The van der Waals surface area contributed by atoms with Crippen LogP contribution in [0.5, 0.6) is 0 Å². The Balaban J connectivity index is 2.35. The van der Waals surface area contributed by atoms with Crippen molar-refractivity contribution >= 4 is 44.6 Å². The first-order valence-corrected chi connectivity index (χ1v) is 6.20. The van der Waals surface area contributed by atoms with Gasteiger partial charge in [-0.15, -0.1) is 0 Å². The van der Waals surface area contributed by atoms with Crippen molar-refractivity contribution in [3.8, 4) is 0 Å². The fourth-order valence-electron chi connectivity index (χ4n) is 1.46. The Morgan fingerprint density at radius 3 is 2.44 bits per heavy atom. The molecule has 0 aliphatic heterocycles. The zero-order valence-corrected chi connectivity index (χ0v) is 11.4. The van der Waals surface area contributed by atoms with Crippen LogP contribution in [0.25, 0.3) is 0 Å². The number of rotatable bonds is 3. The van der Waals surface area contributed by atoms with E-state index < -0.39 is 4.92 Å². The summed E-state index contributed by atoms with van der Waals surface area (Å²) in [7, 11) is 0. The van der Waals surface area contributed by atoms with E-state index in [4.69, 9.17) is 11.6 Å². The van der Waals surface area contributed by atoms with E-state index in [1.54, 1.807) is 36.4 Å². The Morgan fingerprint density at radius 1 is 1.17 bits per heavy atom. The van der Waals surface area contributed by atoms with Crippen molar-refractivity contribution in [2.45, 2.75) is 0 Å². The highest BCUT2D eigenvalue weighted by Crippen LogP contribution is 2.30. The van der Waals surface area contributed by atoms with Crippen LogP contribution in [0.1, 0.15) is 0 Å². The molecule has 0 saturated carbocycles. The Kier molecular flexibility index (Phi) is 3.84. The van der Waals surface area contributed by atoms with E-state index >= 15 is 0 Å². The molecule has 0 unspecified atom stereocenters. The molecular formula is C12H8BrClN2O2. The molecule has 0 radical (unpaired) electrons. The summed E-state index contributed by atoms with van der Waals surface area (Å²) in [5.74, 6) is 0. The predicted octanol–water partition coefficient (Wildman–Crippen LogP) is 4.75. The molecule has 0 spiro atoms. The van der Waals surface area contributed by atoms with Crippen LogP contribution in [-0.2, 0) is 0 Å². The van der Waals surface area contributed by atoms with Crippen molar-refractivity contribution in [3.05, 3.63) is 62.1 Å². The average molecular weight is 328 g/mol. The van der Waals surface area contributed by atoms with Gasteiger partial charge in [0.05, 0.1) is 4.92 Å². The van der Waals surface area contributed by atoms with Crippen molar-refractivity contribution in [3.63, 3.8) is 0 Å². The Bertz CT molecular complexity index is 587. The van der Waals surface area contributed by atoms with Gasteiger partial charge in [-0.05, 0) is 36.4 Å². The molecule has 0 atom stereocenters. The molecule has 0 saturated heterocycles. The molecule has 4 nitrogen and oxygen atoms in total. The zero-order chi connectivity index (χ0) is 13.1. The zero-order valence-electron chi connectivity index (χ0n) is 9.06. The fourth-order valence-corrected chi connectivity index (χ4v) is 1.94. The second-order valence-electron chi connectivity index (χ2n) is 3.55. The maximum atomic E-state index is 10.9. The Hall–Kier alpha value is -1.59. The normalized spacial score (nSPS) is 10.1. The highest BCUT2D eigenvalue weighted by molar-refractivity contribution is 9.10. The smallest absolute Gasteiger partial charge is 0.292 e. The number of hydrogen-bond acceptors (Lipinski definition) is 3. The molecule has 2 aromatic rings. The van der Waals surface area contributed by atoms with Crippen LogP contribution in [0.2, 0.25) is 5.02 Å². The van der Waals surface area contributed by atoms with Gasteiger partial charge in [-0.25, -0.2) is 0 Å². The number of hydrogen-bond donors (Lipinski definition) is 1. The summed E-state index contributed by atoms with van der Waals surface area (Å²) in [5, 5.41) is 14.5. The predicted molar refractivity (Wildman–Crippen MR) is 75.5 cm³/mol. The first-order valence-electron chi connectivity index (χ1n) is 5.03. The number of nitro groups is 1. The molecule has 0 amide bonds. The molecule has 0 bridgehead atoms. The van der Waals surface area contributed by atoms with Crippen LogP contribution in [0.4, 0.5) is 17.1 Å². The second-order valence-corrected chi connectivity index (χ2v) is 4.90. The number of benzene rings is 2. The SMILES string of the molecule is O=[N+]([O-])c1ccc(Br)cc1Nc1ccc(Cl)cc1. The molecule has 1 N–H and O–H groups in total. The maximum Gasteiger partial charge on any atom is 0.292 e. The van der Waals surface area contributed by atoms with E-state index in [1.165, 1.54) is 6.07 Å². The number of anilines is 2. The fraction of sp³-hybridized carbons (Fsp3) is 0. The van der Waals surface area contributed by atoms with E-state index in [9.17, 15) is 10.1 Å². The highest BCUT2D eigenvalue weighted by atomic mass is 79.9. The topological polar surface area (TPSA) is 55.2 Å². The van der Waals surface area contributed by atoms with Gasteiger partial charge >= 0.3 is 0 Å². The summed E-state index contributed by atoms with van der Waals surface area (Å²) in [6.07, 6.45) is 0. The summed E-state index contributed by atoms with van der Waals surface area (Å²) in [5.41, 5.74) is 1.19. The van der Waals surface area contributed by atoms with E-state index in [0.29, 0.717) is 10.7 Å². The molecule has 0 aliphatic carbocycles. The standard InChI is InChI=1S/C12H8BrClN2O2/c13-8-1-6-12(16(17)18)11(7-8)15-10-4-2-9(14)3-5-10/h1-7,15H. The third-order valence-electron chi connectivity index (χ3n) is 2.28. The molecule has 0 fully saturated rings. The van der Waals surface area contributed by atoms with Crippen molar-refractivity contribution < 1.29 is 4.92 Å². The van der Waals surface area contributed by atoms with Crippen LogP contribution in [0.3, 0.4) is 0 Å². The third-order valence-corrected chi connectivity index (χ3v) is 3.02. The molecule has 2 aromatic carbocycles. The number of nitrogens with zero attached hydrogens (tertiary/aromatic N) is 1. The number of nitrogens with one attached hydrogen (secondary N) is 1. The van der Waals surface area contributed by atoms with E-state index in [-0.39, 0.29) is 5.69 Å². The van der Waals surface area contributed by atoms with Crippen molar-refractivity contribution in [2.24, 2.45) is 0 Å². The molecular weight excluding hydrogens is 320 g/mol. The first-order chi connectivity index (χ1) is 8.56. The molecule has 92 valence electrons. The van der Waals surface area contributed by atoms with E-state index in [0.717, 1.165) is 10.2 Å². The lowest BCUT2D eigenvalue weighted by molar-refractivity contribution is -0.383. The summed E-state index contributed by atoms with van der Waals surface area (Å²) in [6.45, 7) is 0. The monoisotopic (exact) mass is 326 g/mol. The van der Waals surface area contributed by atoms with E-state index in [1.807, 2.05) is 0 Å². The molecule has 0 heterocycles.